The topological polar surface area (TPSA) is 44.9 Å². The van der Waals surface area contributed by atoms with Crippen LogP contribution in [0.5, 0.6) is 11.5 Å². The largest absolute Gasteiger partial charge is 0.497 e. The number of anilines is 1. The molecule has 2 heterocycles. The minimum absolute atomic E-state index is 0.0463. The zero-order valence-electron chi connectivity index (χ0n) is 16.2. The van der Waals surface area contributed by atoms with Gasteiger partial charge in [-0.2, -0.15) is 4.90 Å². The van der Waals surface area contributed by atoms with Gasteiger partial charge >= 0.3 is 0 Å². The van der Waals surface area contributed by atoms with Crippen LogP contribution in [-0.4, -0.2) is 41.8 Å². The van der Waals surface area contributed by atoms with Crippen LogP contribution in [0.3, 0.4) is 0 Å². The van der Waals surface area contributed by atoms with Crippen LogP contribution in [0.2, 0.25) is 0 Å². The van der Waals surface area contributed by atoms with E-state index in [1.54, 1.807) is 7.11 Å². The Morgan fingerprint density at radius 2 is 1.78 bits per heavy atom. The van der Waals surface area contributed by atoms with E-state index in [0.717, 1.165) is 42.1 Å². The van der Waals surface area contributed by atoms with Gasteiger partial charge in [0.2, 0.25) is 0 Å². The predicted octanol–water partition coefficient (Wildman–Crippen LogP) is 3.35. The van der Waals surface area contributed by atoms with Crippen molar-refractivity contribution < 1.29 is 19.2 Å². The van der Waals surface area contributed by atoms with Crippen molar-refractivity contribution in [2.75, 3.05) is 25.2 Å². The second-order valence-corrected chi connectivity index (χ2v) is 7.11. The normalized spacial score (nSPS) is 24.3. The fraction of sp³-hybridized carbons (Fsp3) is 0.409. The lowest BCUT2D eigenvalue weighted by atomic mass is 9.93. The molecule has 5 nitrogen and oxygen atoms in total. The Labute approximate surface area is 160 Å². The van der Waals surface area contributed by atoms with E-state index in [2.05, 4.69) is 16.4 Å². The quantitative estimate of drug-likeness (QED) is 0.823. The third-order valence-corrected chi connectivity index (χ3v) is 5.70. The molecular formula is C22H27N2O3+. The molecule has 2 aromatic rings. The molecule has 0 saturated carbocycles. The molecule has 1 unspecified atom stereocenters. The molecule has 0 radical (unpaired) electrons. The molecular weight excluding hydrogens is 340 g/mol. The van der Waals surface area contributed by atoms with Crippen molar-refractivity contribution in [2.45, 2.75) is 38.5 Å². The number of aliphatic hydroxyl groups is 1. The zero-order valence-corrected chi connectivity index (χ0v) is 16.2. The van der Waals surface area contributed by atoms with Crippen molar-refractivity contribution in [3.05, 3.63) is 54.1 Å². The van der Waals surface area contributed by atoms with Gasteiger partial charge in [-0.25, -0.2) is 0 Å². The number of hydrogen-bond donors (Lipinski definition) is 1. The molecule has 0 aliphatic carbocycles. The second-order valence-electron chi connectivity index (χ2n) is 7.11. The molecule has 2 aromatic carbocycles. The second kappa shape index (κ2) is 6.89. The molecule has 142 valence electrons. The van der Waals surface area contributed by atoms with Gasteiger partial charge in [-0.3, -0.25) is 4.58 Å². The van der Waals surface area contributed by atoms with Gasteiger partial charge in [-0.05, 0) is 68.8 Å². The maximum atomic E-state index is 12.0. The van der Waals surface area contributed by atoms with Crippen LogP contribution in [0, 0.1) is 0 Å². The van der Waals surface area contributed by atoms with Gasteiger partial charge in [0.25, 0.3) is 11.6 Å². The summed E-state index contributed by atoms with van der Waals surface area (Å²) in [6, 6.07) is 15.7. The number of amidine groups is 1. The Balaban J connectivity index is 1.78. The fourth-order valence-corrected chi connectivity index (χ4v) is 4.35. The van der Waals surface area contributed by atoms with Crippen molar-refractivity contribution in [1.82, 2.24) is 0 Å². The van der Waals surface area contributed by atoms with E-state index < -0.39 is 5.72 Å². The summed E-state index contributed by atoms with van der Waals surface area (Å²) < 4.78 is 13.2. The minimum Gasteiger partial charge on any atom is -0.497 e. The Bertz CT molecular complexity index is 845. The van der Waals surface area contributed by atoms with Crippen LogP contribution < -0.4 is 14.4 Å². The highest BCUT2D eigenvalue weighted by atomic mass is 16.5. The van der Waals surface area contributed by atoms with E-state index in [4.69, 9.17) is 9.47 Å². The Hall–Kier alpha value is -2.53. The molecule has 0 bridgehead atoms. The Kier molecular flexibility index (Phi) is 4.56. The van der Waals surface area contributed by atoms with E-state index in [9.17, 15) is 5.11 Å². The summed E-state index contributed by atoms with van der Waals surface area (Å²) in [5.41, 5.74) is 0.712. The summed E-state index contributed by atoms with van der Waals surface area (Å²) in [7, 11) is 1.66. The van der Waals surface area contributed by atoms with Crippen LogP contribution in [0.15, 0.2) is 48.5 Å². The SMILES string of the molecule is CCOc1ccc([C@]2(O)C(C)[N+]3=C(CCC3)N2c2ccc(OC)cc2)cc1. The molecule has 4 rings (SSSR count). The van der Waals surface area contributed by atoms with Crippen molar-refractivity contribution in [1.29, 1.82) is 0 Å². The molecule has 2 aliphatic heterocycles. The molecule has 2 aliphatic rings. The van der Waals surface area contributed by atoms with Gasteiger partial charge in [0, 0.05) is 5.56 Å². The number of methoxy groups -OCH3 is 1. The number of ether oxygens (including phenoxy) is 2. The number of rotatable bonds is 5. The van der Waals surface area contributed by atoms with E-state index in [0.29, 0.717) is 6.61 Å². The van der Waals surface area contributed by atoms with Crippen LogP contribution in [-0.2, 0) is 5.72 Å². The van der Waals surface area contributed by atoms with Crippen LogP contribution >= 0.6 is 0 Å². The molecule has 5 heteroatoms. The lowest BCUT2D eigenvalue weighted by Gasteiger charge is -2.32. The smallest absolute Gasteiger partial charge is 0.278 e. The highest BCUT2D eigenvalue weighted by molar-refractivity contribution is 5.97. The predicted molar refractivity (Wildman–Crippen MR) is 106 cm³/mol. The Morgan fingerprint density at radius 3 is 2.41 bits per heavy atom. The van der Waals surface area contributed by atoms with E-state index in [-0.39, 0.29) is 6.04 Å². The Morgan fingerprint density at radius 1 is 1.11 bits per heavy atom. The third kappa shape index (κ3) is 2.77. The highest BCUT2D eigenvalue weighted by Gasteiger charge is 2.60. The van der Waals surface area contributed by atoms with Crippen molar-refractivity contribution in [2.24, 2.45) is 0 Å². The summed E-state index contributed by atoms with van der Waals surface area (Å²) in [5.74, 6) is 2.81. The number of nitrogens with zero attached hydrogens (tertiary/aromatic N) is 2. The minimum atomic E-state index is -1.13. The van der Waals surface area contributed by atoms with Gasteiger partial charge in [-0.1, -0.05) is 0 Å². The monoisotopic (exact) mass is 367 g/mol. The first-order chi connectivity index (χ1) is 13.1. The lowest BCUT2D eigenvalue weighted by Crippen LogP contribution is -2.51. The first kappa shape index (κ1) is 17.9. The average Bonchev–Trinajstić information content (AvgIpc) is 3.24. The number of hydrogen-bond acceptors (Lipinski definition) is 4. The van der Waals surface area contributed by atoms with Crippen LogP contribution in [0.4, 0.5) is 5.69 Å². The maximum Gasteiger partial charge on any atom is 0.278 e. The van der Waals surface area contributed by atoms with Crippen molar-refractivity contribution in [3.63, 3.8) is 0 Å². The van der Waals surface area contributed by atoms with Gasteiger partial charge in [-0.15, -0.1) is 0 Å². The first-order valence-corrected chi connectivity index (χ1v) is 9.62. The number of benzene rings is 2. The molecule has 0 spiro atoms. The summed E-state index contributed by atoms with van der Waals surface area (Å²) >= 11 is 0. The molecule has 0 aromatic heterocycles. The van der Waals surface area contributed by atoms with Gasteiger partial charge in [0.1, 0.15) is 17.2 Å². The summed E-state index contributed by atoms with van der Waals surface area (Å²) in [6.07, 6.45) is 2.08. The van der Waals surface area contributed by atoms with Gasteiger partial charge < -0.3 is 14.6 Å². The molecule has 0 amide bonds. The van der Waals surface area contributed by atoms with E-state index >= 15 is 0 Å². The van der Waals surface area contributed by atoms with Crippen molar-refractivity contribution in [3.8, 4) is 11.5 Å². The summed E-state index contributed by atoms with van der Waals surface area (Å²) in [4.78, 5) is 2.10. The standard InChI is InChI=1S/C22H27N2O3/c1-4-27-20-11-7-17(8-12-20)22(25)16(2)23-15-5-6-21(23)24(22)18-9-13-19(26-3)14-10-18/h7-14,16,25H,4-6,15H2,1-3H3/q+1/t16?,22-/m1/s1. The molecule has 0 fully saturated rings. The van der Waals surface area contributed by atoms with E-state index in [1.165, 1.54) is 5.84 Å². The van der Waals surface area contributed by atoms with E-state index in [1.807, 2.05) is 55.5 Å². The average molecular weight is 367 g/mol. The summed E-state index contributed by atoms with van der Waals surface area (Å²) in [5, 5.41) is 12.0. The highest BCUT2D eigenvalue weighted by Crippen LogP contribution is 2.43. The maximum absolute atomic E-state index is 12.0. The molecule has 27 heavy (non-hydrogen) atoms. The lowest BCUT2D eigenvalue weighted by molar-refractivity contribution is -0.564. The molecule has 2 atom stereocenters. The van der Waals surface area contributed by atoms with Crippen LogP contribution in [0.1, 0.15) is 32.3 Å². The first-order valence-electron chi connectivity index (χ1n) is 9.62. The third-order valence-electron chi connectivity index (χ3n) is 5.70. The fourth-order valence-electron chi connectivity index (χ4n) is 4.35. The summed E-state index contributed by atoms with van der Waals surface area (Å²) in [6.45, 7) is 5.68. The molecule has 0 saturated heterocycles. The van der Waals surface area contributed by atoms with Gasteiger partial charge in [0.05, 0.1) is 26.7 Å². The van der Waals surface area contributed by atoms with Crippen molar-refractivity contribution >= 4 is 11.5 Å². The van der Waals surface area contributed by atoms with Gasteiger partial charge in [0.15, 0.2) is 6.04 Å². The van der Waals surface area contributed by atoms with Crippen LogP contribution in [0.25, 0.3) is 0 Å². The molecule has 1 N–H and O–H groups in total. The zero-order chi connectivity index (χ0) is 19.0.